The fraction of sp³-hybridized carbons (Fsp3) is 0.373. The van der Waals surface area contributed by atoms with Crippen LogP contribution >= 0.6 is 38.6 Å². The van der Waals surface area contributed by atoms with Crippen LogP contribution in [0.4, 0.5) is 9.59 Å². The van der Waals surface area contributed by atoms with Gasteiger partial charge in [0.2, 0.25) is 0 Å². The first-order valence-electron chi connectivity index (χ1n) is 21.3. The number of halogens is 1. The molecule has 0 saturated carbocycles. The molecule has 2 aliphatic heterocycles. The lowest BCUT2D eigenvalue weighted by Crippen LogP contribution is -2.36. The van der Waals surface area contributed by atoms with Crippen molar-refractivity contribution in [1.29, 1.82) is 0 Å². The topological polar surface area (TPSA) is 125 Å². The van der Waals surface area contributed by atoms with E-state index < -0.39 is 11.2 Å². The molecular formula is C51H55BrN4O6S2. The first-order valence-corrected chi connectivity index (χ1v) is 23.8. The Morgan fingerprint density at radius 2 is 1.14 bits per heavy atom. The Labute approximate surface area is 392 Å². The van der Waals surface area contributed by atoms with Crippen LogP contribution < -0.4 is 0 Å². The van der Waals surface area contributed by atoms with Gasteiger partial charge >= 0.3 is 12.2 Å². The maximum atomic E-state index is 12.8. The molecule has 2 fully saturated rings. The number of benzene rings is 4. The molecular weight excluding hydrogens is 909 g/mol. The zero-order chi connectivity index (χ0) is 46.0. The predicted molar refractivity (Wildman–Crippen MR) is 262 cm³/mol. The summed E-state index contributed by atoms with van der Waals surface area (Å²) in [5.41, 5.74) is 2.81. The van der Waals surface area contributed by atoms with Gasteiger partial charge in [0.15, 0.2) is 0 Å². The van der Waals surface area contributed by atoms with Crippen LogP contribution in [0.1, 0.15) is 101 Å². The van der Waals surface area contributed by atoms with Gasteiger partial charge in [0.25, 0.3) is 0 Å². The summed E-state index contributed by atoms with van der Waals surface area (Å²) in [7, 11) is 0. The van der Waals surface area contributed by atoms with Gasteiger partial charge in [0.05, 0.1) is 27.3 Å². The lowest BCUT2D eigenvalue weighted by atomic mass is 10.0. The molecule has 0 spiro atoms. The predicted octanol–water partition coefficient (Wildman–Crippen LogP) is 12.2. The van der Waals surface area contributed by atoms with Crippen LogP contribution in [-0.4, -0.2) is 79.7 Å². The number of ether oxygens (including phenoxy) is 2. The minimum Gasteiger partial charge on any atom is -0.444 e. The van der Waals surface area contributed by atoms with Gasteiger partial charge in [-0.15, -0.1) is 28.6 Å². The number of hydrogen-bond acceptors (Lipinski definition) is 10. The molecule has 2 aliphatic rings. The lowest BCUT2D eigenvalue weighted by Gasteiger charge is -2.27. The molecule has 2 aromatic heterocycles. The van der Waals surface area contributed by atoms with E-state index in [1.54, 1.807) is 23.2 Å². The largest absolute Gasteiger partial charge is 0.444 e. The van der Waals surface area contributed by atoms with Crippen LogP contribution in [0.2, 0.25) is 0 Å². The van der Waals surface area contributed by atoms with Gasteiger partial charge in [-0.25, -0.2) is 19.6 Å². The third-order valence-electron chi connectivity index (χ3n) is 10.2. The molecule has 8 rings (SSSR count). The molecule has 2 atom stereocenters. The second-order valence-electron chi connectivity index (χ2n) is 17.2. The van der Waals surface area contributed by atoms with E-state index >= 15 is 0 Å². The summed E-state index contributed by atoms with van der Waals surface area (Å²) in [4.78, 5) is 39.8. The Bertz CT molecular complexity index is 2700. The van der Waals surface area contributed by atoms with Gasteiger partial charge in [-0.3, -0.25) is 9.80 Å². The maximum absolute atomic E-state index is 12.8. The molecule has 334 valence electrons. The van der Waals surface area contributed by atoms with E-state index in [1.165, 1.54) is 22.1 Å². The average molecular weight is 964 g/mol. The molecule has 0 bridgehead atoms. The fourth-order valence-corrected chi connectivity index (χ4v) is 10.4. The van der Waals surface area contributed by atoms with Crippen LogP contribution in [0.3, 0.4) is 0 Å². The number of carbonyl (C=O) groups excluding carboxylic acids is 2. The highest BCUT2D eigenvalue weighted by Gasteiger charge is 2.37. The highest BCUT2D eigenvalue weighted by molar-refractivity contribution is 9.11. The Hall–Kier alpha value is -5.28. The van der Waals surface area contributed by atoms with Crippen LogP contribution in [0.25, 0.3) is 44.1 Å². The van der Waals surface area contributed by atoms with E-state index in [4.69, 9.17) is 24.5 Å². The van der Waals surface area contributed by atoms with Gasteiger partial charge in [0.1, 0.15) is 39.3 Å². The Balaban J connectivity index is 0.000000193. The second-order valence-corrected chi connectivity index (χ2v) is 20.5. The SMILES string of the molecule is CC#CCO.CC(C)(C)OC(=O)N1CCCC1c1nc(-c2cccc3ccccc23)c(Br)s1.CC(C)(C)OC(=O)N1CCCC1c1nc(-c2cccc3ccccc23)c(C#CCO)s1. The summed E-state index contributed by atoms with van der Waals surface area (Å²) in [6.07, 6.45) is 3.06. The number of amides is 2. The normalized spacial score (nSPS) is 15.8. The Morgan fingerprint density at radius 1 is 0.688 bits per heavy atom. The van der Waals surface area contributed by atoms with Crippen molar-refractivity contribution in [2.45, 2.75) is 97.4 Å². The van der Waals surface area contributed by atoms with E-state index in [0.29, 0.717) is 13.1 Å². The molecule has 2 saturated heterocycles. The Morgan fingerprint density at radius 3 is 1.61 bits per heavy atom. The van der Waals surface area contributed by atoms with E-state index in [-0.39, 0.29) is 37.5 Å². The summed E-state index contributed by atoms with van der Waals surface area (Å²) < 4.78 is 12.2. The number of aliphatic hydroxyl groups excluding tert-OH is 2. The molecule has 13 heteroatoms. The van der Waals surface area contributed by atoms with Gasteiger partial charge in [-0.05, 0) is 112 Å². The molecule has 0 radical (unpaired) electrons. The van der Waals surface area contributed by atoms with Crippen LogP contribution in [0.15, 0.2) is 88.7 Å². The number of rotatable bonds is 4. The first kappa shape index (κ1) is 48.2. The van der Waals surface area contributed by atoms with Gasteiger partial charge in [0, 0.05) is 24.2 Å². The first-order chi connectivity index (χ1) is 30.6. The summed E-state index contributed by atoms with van der Waals surface area (Å²) in [5.74, 6) is 10.8. The van der Waals surface area contributed by atoms with Crippen molar-refractivity contribution in [1.82, 2.24) is 19.8 Å². The zero-order valence-electron chi connectivity index (χ0n) is 37.4. The van der Waals surface area contributed by atoms with Crippen molar-refractivity contribution in [3.63, 3.8) is 0 Å². The van der Waals surface area contributed by atoms with Crippen LogP contribution in [-0.2, 0) is 9.47 Å². The van der Waals surface area contributed by atoms with Crippen molar-refractivity contribution >= 4 is 72.3 Å². The Kier molecular flexibility index (Phi) is 16.3. The van der Waals surface area contributed by atoms with Crippen molar-refractivity contribution in [2.75, 3.05) is 26.3 Å². The van der Waals surface area contributed by atoms with Crippen molar-refractivity contribution in [3.05, 3.63) is 104 Å². The van der Waals surface area contributed by atoms with Crippen LogP contribution in [0, 0.1) is 23.7 Å². The zero-order valence-corrected chi connectivity index (χ0v) is 40.6. The molecule has 4 heterocycles. The number of fused-ring (bicyclic) bond motifs is 2. The monoisotopic (exact) mass is 962 g/mol. The number of aliphatic hydroxyl groups is 2. The van der Waals surface area contributed by atoms with Crippen molar-refractivity contribution in [2.24, 2.45) is 0 Å². The summed E-state index contributed by atoms with van der Waals surface area (Å²) in [6.45, 7) is 14.1. The van der Waals surface area contributed by atoms with Gasteiger partial charge in [-0.1, -0.05) is 103 Å². The highest BCUT2D eigenvalue weighted by atomic mass is 79.9. The van der Waals surface area contributed by atoms with Gasteiger partial charge < -0.3 is 19.7 Å². The van der Waals surface area contributed by atoms with Crippen LogP contribution in [0.5, 0.6) is 0 Å². The summed E-state index contributed by atoms with van der Waals surface area (Å²) >= 11 is 6.82. The minimum atomic E-state index is -0.543. The van der Waals surface area contributed by atoms with Crippen molar-refractivity contribution < 1.29 is 29.3 Å². The summed E-state index contributed by atoms with van der Waals surface area (Å²) in [5, 5.41) is 23.6. The number of likely N-dealkylation sites (tertiary alicyclic amines) is 2. The molecule has 64 heavy (non-hydrogen) atoms. The quantitative estimate of drug-likeness (QED) is 0.167. The average Bonchev–Trinajstić information content (AvgIpc) is 4.09. The maximum Gasteiger partial charge on any atom is 0.410 e. The molecule has 6 aromatic rings. The van der Waals surface area contributed by atoms with E-state index in [0.717, 1.165) is 77.6 Å². The third kappa shape index (κ3) is 12.1. The molecule has 2 unspecified atom stereocenters. The van der Waals surface area contributed by atoms with E-state index in [9.17, 15) is 14.7 Å². The standard InChI is InChI=1S/C25H26N2O3S.C22H23BrN2O2S.C4H6O/c1-25(2,3)30-24(29)27-15-7-13-20(27)23-26-22(21(31-23)14-8-16-28)19-12-6-10-17-9-4-5-11-18(17)19;1-22(2,3)27-21(26)25-13-7-12-17(25)20-24-18(19(23)28-20)16-11-6-9-14-8-4-5-10-15(14)16;1-2-3-4-5/h4-6,9-12,20,28H,7,13,15-16H2,1-3H3;4-6,8-11,17H,7,12-13H2,1-3H3;5H,4H2,1H3. The van der Waals surface area contributed by atoms with Crippen molar-refractivity contribution in [3.8, 4) is 46.2 Å². The number of aromatic nitrogens is 2. The lowest BCUT2D eigenvalue weighted by molar-refractivity contribution is 0.0213. The fourth-order valence-electron chi connectivity index (χ4n) is 7.56. The number of hydrogen-bond donors (Lipinski definition) is 2. The molecule has 10 nitrogen and oxygen atoms in total. The second kappa shape index (κ2) is 21.6. The molecule has 4 aromatic carbocycles. The highest BCUT2D eigenvalue weighted by Crippen LogP contribution is 2.43. The van der Waals surface area contributed by atoms with E-state index in [2.05, 4.69) is 88.1 Å². The number of nitrogens with zero attached hydrogens (tertiary/aromatic N) is 4. The number of carbonyl (C=O) groups is 2. The van der Waals surface area contributed by atoms with Gasteiger partial charge in [-0.2, -0.15) is 0 Å². The summed E-state index contributed by atoms with van der Waals surface area (Å²) in [6, 6.07) is 28.8. The molecule has 2 N–H and O–H groups in total. The number of thiazole rings is 2. The minimum absolute atomic E-state index is 0.0174. The smallest absolute Gasteiger partial charge is 0.410 e. The third-order valence-corrected chi connectivity index (χ3v) is 13.1. The molecule has 2 amide bonds. The molecule has 0 aliphatic carbocycles. The van der Waals surface area contributed by atoms with E-state index in [1.807, 2.05) is 82.8 Å².